The number of nitrogens with one attached hydrogen (secondary N) is 1. The molecule has 1 aromatic carbocycles. The number of hydrogen-bond acceptors (Lipinski definition) is 4. The molecule has 0 aliphatic rings. The van der Waals surface area contributed by atoms with E-state index >= 15 is 0 Å². The summed E-state index contributed by atoms with van der Waals surface area (Å²) in [6.45, 7) is 6.26. The van der Waals surface area contributed by atoms with Crippen molar-refractivity contribution in [3.8, 4) is 0 Å². The van der Waals surface area contributed by atoms with Crippen molar-refractivity contribution in [3.63, 3.8) is 0 Å². The van der Waals surface area contributed by atoms with Crippen LogP contribution in [0.15, 0.2) is 24.3 Å². The van der Waals surface area contributed by atoms with Gasteiger partial charge in [-0.1, -0.05) is 24.3 Å². The molecule has 0 amide bonds. The van der Waals surface area contributed by atoms with E-state index in [0.717, 1.165) is 26.7 Å². The molecular weight excluding hydrogens is 304 g/mol. The van der Waals surface area contributed by atoms with E-state index in [1.165, 1.54) is 0 Å². The monoisotopic (exact) mass is 324 g/mol. The largest absolute Gasteiger partial charge is 0.247 e. The summed E-state index contributed by atoms with van der Waals surface area (Å²) in [6, 6.07) is 7.55. The molecule has 1 heterocycles. The molecule has 0 bridgehead atoms. The zero-order valence-electron chi connectivity index (χ0n) is 12.5. The predicted molar refractivity (Wildman–Crippen MR) is 87.1 cm³/mol. The number of benzene rings is 1. The maximum atomic E-state index is 12.1. The number of sulfonamides is 1. The molecule has 6 heteroatoms. The van der Waals surface area contributed by atoms with Gasteiger partial charge in [0, 0.05) is 11.4 Å². The SMILES string of the molecule is Cc1nc(C)c(CCNS(=O)(=O)Cc2ccccc2C)s1. The Morgan fingerprint density at radius 3 is 2.52 bits per heavy atom. The summed E-state index contributed by atoms with van der Waals surface area (Å²) >= 11 is 1.63. The molecule has 0 fully saturated rings. The van der Waals surface area contributed by atoms with Gasteiger partial charge in [0.25, 0.3) is 0 Å². The average Bonchev–Trinajstić information content (AvgIpc) is 2.70. The molecular formula is C15H20N2O2S2. The van der Waals surface area contributed by atoms with E-state index in [-0.39, 0.29) is 5.75 Å². The molecule has 1 aromatic heterocycles. The average molecular weight is 324 g/mol. The number of aryl methyl sites for hydroxylation is 3. The Morgan fingerprint density at radius 1 is 1.19 bits per heavy atom. The number of hydrogen-bond donors (Lipinski definition) is 1. The molecule has 0 aliphatic carbocycles. The van der Waals surface area contributed by atoms with E-state index in [2.05, 4.69) is 9.71 Å². The normalized spacial score (nSPS) is 11.8. The van der Waals surface area contributed by atoms with Crippen LogP contribution in [0.2, 0.25) is 0 Å². The van der Waals surface area contributed by atoms with Crippen molar-refractivity contribution >= 4 is 21.4 Å². The van der Waals surface area contributed by atoms with Crippen molar-refractivity contribution in [1.82, 2.24) is 9.71 Å². The van der Waals surface area contributed by atoms with Gasteiger partial charge in [-0.15, -0.1) is 11.3 Å². The summed E-state index contributed by atoms with van der Waals surface area (Å²) in [5.41, 5.74) is 2.84. The molecule has 4 nitrogen and oxygen atoms in total. The summed E-state index contributed by atoms with van der Waals surface area (Å²) in [7, 11) is -3.30. The molecule has 0 radical (unpaired) electrons. The van der Waals surface area contributed by atoms with Crippen LogP contribution < -0.4 is 4.72 Å². The Labute approximate surface area is 130 Å². The van der Waals surface area contributed by atoms with E-state index in [0.29, 0.717) is 13.0 Å². The molecule has 0 unspecified atom stereocenters. The first-order valence-corrected chi connectivity index (χ1v) is 9.29. The van der Waals surface area contributed by atoms with Crippen LogP contribution in [0.25, 0.3) is 0 Å². The molecule has 21 heavy (non-hydrogen) atoms. The van der Waals surface area contributed by atoms with Gasteiger partial charge >= 0.3 is 0 Å². The van der Waals surface area contributed by atoms with Crippen molar-refractivity contribution in [1.29, 1.82) is 0 Å². The molecule has 0 saturated carbocycles. The third-order valence-corrected chi connectivity index (χ3v) is 5.75. The molecule has 0 atom stereocenters. The van der Waals surface area contributed by atoms with Crippen LogP contribution in [0.1, 0.15) is 26.7 Å². The van der Waals surface area contributed by atoms with Crippen molar-refractivity contribution in [2.45, 2.75) is 32.9 Å². The molecule has 0 aliphatic heterocycles. The zero-order valence-corrected chi connectivity index (χ0v) is 14.1. The van der Waals surface area contributed by atoms with E-state index < -0.39 is 10.0 Å². The quantitative estimate of drug-likeness (QED) is 0.889. The summed E-state index contributed by atoms with van der Waals surface area (Å²) in [6.07, 6.45) is 0.685. The third kappa shape index (κ3) is 4.62. The minimum atomic E-state index is -3.30. The fraction of sp³-hybridized carbons (Fsp3) is 0.400. The molecule has 1 N–H and O–H groups in total. The minimum Gasteiger partial charge on any atom is -0.247 e. The van der Waals surface area contributed by atoms with Crippen LogP contribution in [0.3, 0.4) is 0 Å². The lowest BCUT2D eigenvalue weighted by molar-refractivity contribution is 0.580. The third-order valence-electron chi connectivity index (χ3n) is 3.28. The number of rotatable bonds is 6. The highest BCUT2D eigenvalue weighted by molar-refractivity contribution is 7.88. The smallest absolute Gasteiger partial charge is 0.215 e. The lowest BCUT2D eigenvalue weighted by Gasteiger charge is -2.08. The van der Waals surface area contributed by atoms with Gasteiger partial charge in [-0.3, -0.25) is 0 Å². The Morgan fingerprint density at radius 2 is 1.90 bits per heavy atom. The number of nitrogens with zero attached hydrogens (tertiary/aromatic N) is 1. The summed E-state index contributed by atoms with van der Waals surface area (Å²) in [5.74, 6) is 0.0281. The van der Waals surface area contributed by atoms with Crippen molar-refractivity contribution in [2.24, 2.45) is 0 Å². The van der Waals surface area contributed by atoms with Crippen LogP contribution in [0, 0.1) is 20.8 Å². The van der Waals surface area contributed by atoms with Gasteiger partial charge in [-0.25, -0.2) is 18.1 Å². The topological polar surface area (TPSA) is 59.1 Å². The molecule has 2 aromatic rings. The Balaban J connectivity index is 1.93. The first kappa shape index (κ1) is 16.1. The van der Waals surface area contributed by atoms with E-state index in [4.69, 9.17) is 0 Å². The van der Waals surface area contributed by atoms with Crippen LogP contribution in [0.5, 0.6) is 0 Å². The second-order valence-corrected chi connectivity index (χ2v) is 8.17. The van der Waals surface area contributed by atoms with Crippen molar-refractivity contribution in [2.75, 3.05) is 6.54 Å². The fourth-order valence-electron chi connectivity index (χ4n) is 2.15. The second-order valence-electron chi connectivity index (χ2n) is 5.07. The lowest BCUT2D eigenvalue weighted by atomic mass is 10.1. The molecule has 2 rings (SSSR count). The van der Waals surface area contributed by atoms with E-state index in [1.54, 1.807) is 11.3 Å². The Bertz CT molecular complexity index is 721. The highest BCUT2D eigenvalue weighted by Crippen LogP contribution is 2.17. The van der Waals surface area contributed by atoms with Gasteiger partial charge in [0.05, 0.1) is 16.5 Å². The van der Waals surface area contributed by atoms with Crippen LogP contribution >= 0.6 is 11.3 Å². The predicted octanol–water partition coefficient (Wildman–Crippen LogP) is 2.73. The Kier molecular flexibility index (Phi) is 5.13. The summed E-state index contributed by atoms with van der Waals surface area (Å²) < 4.78 is 26.9. The fourth-order valence-corrected chi connectivity index (χ4v) is 4.34. The van der Waals surface area contributed by atoms with Crippen LogP contribution in [0.4, 0.5) is 0 Å². The van der Waals surface area contributed by atoms with Gasteiger partial charge < -0.3 is 0 Å². The lowest BCUT2D eigenvalue weighted by Crippen LogP contribution is -2.27. The molecule has 114 valence electrons. The molecule has 0 saturated heterocycles. The van der Waals surface area contributed by atoms with Gasteiger partial charge in [-0.2, -0.15) is 0 Å². The molecule has 0 spiro atoms. The summed E-state index contributed by atoms with van der Waals surface area (Å²) in [5, 5.41) is 1.02. The maximum absolute atomic E-state index is 12.1. The Hall–Kier alpha value is -1.24. The number of aromatic nitrogens is 1. The van der Waals surface area contributed by atoms with Gasteiger partial charge in [0.15, 0.2) is 0 Å². The van der Waals surface area contributed by atoms with E-state index in [9.17, 15) is 8.42 Å². The maximum Gasteiger partial charge on any atom is 0.215 e. The highest BCUT2D eigenvalue weighted by Gasteiger charge is 2.13. The van der Waals surface area contributed by atoms with Crippen molar-refractivity contribution < 1.29 is 8.42 Å². The first-order chi connectivity index (χ1) is 9.87. The van der Waals surface area contributed by atoms with Crippen LogP contribution in [-0.2, 0) is 22.2 Å². The van der Waals surface area contributed by atoms with Crippen molar-refractivity contribution in [3.05, 3.63) is 51.0 Å². The minimum absolute atomic E-state index is 0.0281. The zero-order chi connectivity index (χ0) is 15.5. The van der Waals surface area contributed by atoms with Gasteiger partial charge in [0.2, 0.25) is 10.0 Å². The highest BCUT2D eigenvalue weighted by atomic mass is 32.2. The van der Waals surface area contributed by atoms with E-state index in [1.807, 2.05) is 45.0 Å². The second kappa shape index (κ2) is 6.68. The standard InChI is InChI=1S/C15H20N2O2S2/c1-11-6-4-5-7-14(11)10-21(18,19)16-9-8-15-12(2)17-13(3)20-15/h4-7,16H,8-10H2,1-3H3. The van der Waals surface area contributed by atoms with Crippen LogP contribution in [-0.4, -0.2) is 19.9 Å². The van der Waals surface area contributed by atoms with Gasteiger partial charge in [0.1, 0.15) is 0 Å². The summed E-state index contributed by atoms with van der Waals surface area (Å²) in [4.78, 5) is 5.49. The number of thiazole rings is 1. The first-order valence-electron chi connectivity index (χ1n) is 6.82. The van der Waals surface area contributed by atoms with Gasteiger partial charge in [-0.05, 0) is 38.3 Å².